The quantitative estimate of drug-likeness (QED) is 0.849. The zero-order chi connectivity index (χ0) is 11.6. The number of Topliss-reactive ketones (excluding diaryl/α,β-unsaturated/α-hetero) is 1. The fourth-order valence-electron chi connectivity index (χ4n) is 2.46. The van der Waals surface area contributed by atoms with E-state index in [-0.39, 0.29) is 11.6 Å². The van der Waals surface area contributed by atoms with E-state index in [1.165, 1.54) is 12.1 Å². The lowest BCUT2D eigenvalue weighted by Gasteiger charge is -2.25. The first-order valence-corrected chi connectivity index (χ1v) is 5.64. The Morgan fingerprint density at radius 3 is 2.50 bits per heavy atom. The Bertz CT molecular complexity index is 387. The molecule has 0 bridgehead atoms. The molecule has 1 fully saturated rings. The Hall–Kier alpha value is -1.22. The molecule has 2 N–H and O–H groups in total. The lowest BCUT2D eigenvalue weighted by atomic mass is 9.79. The van der Waals surface area contributed by atoms with Crippen molar-refractivity contribution in [1.29, 1.82) is 0 Å². The highest BCUT2D eigenvalue weighted by Gasteiger charge is 2.40. The van der Waals surface area contributed by atoms with Gasteiger partial charge in [-0.1, -0.05) is 12.1 Å². The standard InChI is InChI=1S/C13H16FNO/c14-11-5-3-10(4-6-11)8-13(9-15)7-1-2-12(13)16/h3-6H,1-2,7-9,15H2/t13-/m1/s1. The van der Waals surface area contributed by atoms with Gasteiger partial charge >= 0.3 is 0 Å². The molecule has 0 unspecified atom stereocenters. The number of carbonyl (C=O) groups is 1. The van der Waals surface area contributed by atoms with Crippen molar-refractivity contribution < 1.29 is 9.18 Å². The molecule has 0 radical (unpaired) electrons. The fraction of sp³-hybridized carbons (Fsp3) is 0.462. The van der Waals surface area contributed by atoms with Crippen molar-refractivity contribution in [2.24, 2.45) is 11.1 Å². The van der Waals surface area contributed by atoms with Crippen molar-refractivity contribution in [2.45, 2.75) is 25.7 Å². The topological polar surface area (TPSA) is 43.1 Å². The summed E-state index contributed by atoms with van der Waals surface area (Å²) in [6.07, 6.45) is 3.07. The summed E-state index contributed by atoms with van der Waals surface area (Å²) in [4.78, 5) is 11.8. The number of halogens is 1. The van der Waals surface area contributed by atoms with Gasteiger partial charge in [-0.2, -0.15) is 0 Å². The molecule has 0 spiro atoms. The van der Waals surface area contributed by atoms with Crippen LogP contribution in [0.25, 0.3) is 0 Å². The van der Waals surface area contributed by atoms with Gasteiger partial charge in [0.1, 0.15) is 11.6 Å². The molecule has 0 amide bonds. The fourth-order valence-corrected chi connectivity index (χ4v) is 2.46. The molecule has 1 saturated carbocycles. The van der Waals surface area contributed by atoms with Crippen LogP contribution in [0.4, 0.5) is 4.39 Å². The van der Waals surface area contributed by atoms with Crippen molar-refractivity contribution in [2.75, 3.05) is 6.54 Å². The third-order valence-electron chi connectivity index (χ3n) is 3.50. The molecule has 86 valence electrons. The summed E-state index contributed by atoms with van der Waals surface area (Å²) in [6.45, 7) is 0.392. The van der Waals surface area contributed by atoms with E-state index >= 15 is 0 Å². The van der Waals surface area contributed by atoms with Gasteiger partial charge in [-0.15, -0.1) is 0 Å². The van der Waals surface area contributed by atoms with E-state index in [0.29, 0.717) is 19.4 Å². The first-order valence-electron chi connectivity index (χ1n) is 5.64. The minimum atomic E-state index is -0.391. The summed E-state index contributed by atoms with van der Waals surface area (Å²) in [5.41, 5.74) is 6.34. The maximum Gasteiger partial charge on any atom is 0.140 e. The summed E-state index contributed by atoms with van der Waals surface area (Å²) in [5.74, 6) is 0.0163. The number of carbonyl (C=O) groups excluding carboxylic acids is 1. The third kappa shape index (κ3) is 2.00. The highest BCUT2D eigenvalue weighted by molar-refractivity contribution is 5.87. The van der Waals surface area contributed by atoms with E-state index in [9.17, 15) is 9.18 Å². The van der Waals surface area contributed by atoms with Crippen molar-refractivity contribution in [1.82, 2.24) is 0 Å². The minimum absolute atomic E-state index is 0.247. The molecule has 16 heavy (non-hydrogen) atoms. The molecule has 1 aromatic rings. The molecular formula is C13H16FNO. The summed E-state index contributed by atoms with van der Waals surface area (Å²) in [6, 6.07) is 6.33. The van der Waals surface area contributed by atoms with Crippen molar-refractivity contribution in [3.63, 3.8) is 0 Å². The van der Waals surface area contributed by atoms with Crippen LogP contribution >= 0.6 is 0 Å². The van der Waals surface area contributed by atoms with Gasteiger partial charge in [0.05, 0.1) is 0 Å². The van der Waals surface area contributed by atoms with Crippen LogP contribution in [0.3, 0.4) is 0 Å². The van der Waals surface area contributed by atoms with Gasteiger partial charge in [0.15, 0.2) is 0 Å². The molecular weight excluding hydrogens is 205 g/mol. The van der Waals surface area contributed by atoms with Crippen LogP contribution in [0.5, 0.6) is 0 Å². The summed E-state index contributed by atoms with van der Waals surface area (Å²) in [5, 5.41) is 0. The summed E-state index contributed by atoms with van der Waals surface area (Å²) >= 11 is 0. The second kappa shape index (κ2) is 4.34. The number of benzene rings is 1. The zero-order valence-electron chi connectivity index (χ0n) is 9.21. The lowest BCUT2D eigenvalue weighted by molar-refractivity contribution is -0.125. The van der Waals surface area contributed by atoms with Crippen LogP contribution in [0, 0.1) is 11.2 Å². The normalized spacial score (nSPS) is 25.0. The SMILES string of the molecule is NC[C@]1(Cc2ccc(F)cc2)CCCC1=O. The number of hydrogen-bond acceptors (Lipinski definition) is 2. The molecule has 0 saturated heterocycles. The van der Waals surface area contributed by atoms with Gasteiger partial charge in [-0.05, 0) is 37.0 Å². The van der Waals surface area contributed by atoms with E-state index in [2.05, 4.69) is 0 Å². The molecule has 3 heteroatoms. The Morgan fingerprint density at radius 1 is 1.31 bits per heavy atom. The Balaban J connectivity index is 2.18. The van der Waals surface area contributed by atoms with Crippen LogP contribution in [-0.2, 0) is 11.2 Å². The maximum atomic E-state index is 12.8. The highest BCUT2D eigenvalue weighted by atomic mass is 19.1. The molecule has 2 rings (SSSR count). The monoisotopic (exact) mass is 221 g/mol. The predicted molar refractivity (Wildman–Crippen MR) is 60.4 cm³/mol. The van der Waals surface area contributed by atoms with Crippen LogP contribution in [0.2, 0.25) is 0 Å². The van der Waals surface area contributed by atoms with E-state index < -0.39 is 5.41 Å². The third-order valence-corrected chi connectivity index (χ3v) is 3.50. The Morgan fingerprint density at radius 2 is 2.00 bits per heavy atom. The van der Waals surface area contributed by atoms with Crippen LogP contribution in [-0.4, -0.2) is 12.3 Å². The largest absolute Gasteiger partial charge is 0.329 e. The second-order valence-corrected chi connectivity index (χ2v) is 4.56. The predicted octanol–water partition coefficient (Wildman–Crippen LogP) is 2.07. The molecule has 0 aromatic heterocycles. The smallest absolute Gasteiger partial charge is 0.140 e. The molecule has 1 aliphatic carbocycles. The second-order valence-electron chi connectivity index (χ2n) is 4.56. The molecule has 0 heterocycles. The first-order chi connectivity index (χ1) is 7.66. The molecule has 1 aliphatic rings. The number of ketones is 1. The average molecular weight is 221 g/mol. The van der Waals surface area contributed by atoms with E-state index in [1.807, 2.05) is 0 Å². The van der Waals surface area contributed by atoms with Gasteiger partial charge in [-0.3, -0.25) is 4.79 Å². The van der Waals surface area contributed by atoms with Crippen molar-refractivity contribution in [3.05, 3.63) is 35.6 Å². The van der Waals surface area contributed by atoms with E-state index in [1.54, 1.807) is 12.1 Å². The molecule has 1 atom stereocenters. The molecule has 1 aromatic carbocycles. The van der Waals surface area contributed by atoms with Crippen LogP contribution in [0.15, 0.2) is 24.3 Å². The van der Waals surface area contributed by atoms with Crippen molar-refractivity contribution >= 4 is 5.78 Å². The number of nitrogens with two attached hydrogens (primary N) is 1. The number of hydrogen-bond donors (Lipinski definition) is 1. The van der Waals surface area contributed by atoms with Gasteiger partial charge in [0.25, 0.3) is 0 Å². The van der Waals surface area contributed by atoms with Gasteiger partial charge in [0, 0.05) is 18.4 Å². The molecule has 2 nitrogen and oxygen atoms in total. The van der Waals surface area contributed by atoms with Crippen LogP contribution < -0.4 is 5.73 Å². The van der Waals surface area contributed by atoms with Gasteiger partial charge in [-0.25, -0.2) is 4.39 Å². The Kier molecular flexibility index (Phi) is 3.06. The minimum Gasteiger partial charge on any atom is -0.329 e. The van der Waals surface area contributed by atoms with E-state index in [4.69, 9.17) is 5.73 Å². The number of rotatable bonds is 3. The average Bonchev–Trinajstić information content (AvgIpc) is 2.64. The van der Waals surface area contributed by atoms with E-state index in [0.717, 1.165) is 18.4 Å². The van der Waals surface area contributed by atoms with Crippen LogP contribution in [0.1, 0.15) is 24.8 Å². The van der Waals surface area contributed by atoms with Gasteiger partial charge in [0.2, 0.25) is 0 Å². The Labute approximate surface area is 94.6 Å². The van der Waals surface area contributed by atoms with Crippen molar-refractivity contribution in [3.8, 4) is 0 Å². The summed E-state index contributed by atoms with van der Waals surface area (Å²) < 4.78 is 12.8. The first kappa shape index (κ1) is 11.3. The lowest BCUT2D eigenvalue weighted by Crippen LogP contribution is -2.36. The summed E-state index contributed by atoms with van der Waals surface area (Å²) in [7, 11) is 0. The zero-order valence-corrected chi connectivity index (χ0v) is 9.21. The molecule has 0 aliphatic heterocycles. The van der Waals surface area contributed by atoms with Gasteiger partial charge < -0.3 is 5.73 Å². The highest BCUT2D eigenvalue weighted by Crippen LogP contribution is 2.37. The maximum absolute atomic E-state index is 12.8.